The lowest BCUT2D eigenvalue weighted by Gasteiger charge is -2.43. The van der Waals surface area contributed by atoms with Gasteiger partial charge in [0.15, 0.2) is 0 Å². The number of hydrogen-bond acceptors (Lipinski definition) is 6. The molecule has 2 aliphatic rings. The Balaban J connectivity index is 1.88. The highest BCUT2D eigenvalue weighted by atomic mass is 32.2. The molecule has 0 unspecified atom stereocenters. The molecule has 0 amide bonds. The van der Waals surface area contributed by atoms with Crippen molar-refractivity contribution in [3.8, 4) is 0 Å². The van der Waals surface area contributed by atoms with Crippen molar-refractivity contribution < 1.29 is 8.42 Å². The fourth-order valence-electron chi connectivity index (χ4n) is 3.54. The average Bonchev–Trinajstić information content (AvgIpc) is 2.54. The van der Waals surface area contributed by atoms with Gasteiger partial charge >= 0.3 is 0 Å². The topological polar surface area (TPSA) is 101 Å². The van der Waals surface area contributed by atoms with Crippen molar-refractivity contribution >= 4 is 16.0 Å². The summed E-state index contributed by atoms with van der Waals surface area (Å²) in [5, 5.41) is 0. The first kappa shape index (κ1) is 14.7. The summed E-state index contributed by atoms with van der Waals surface area (Å²) in [7, 11) is -3.52. The minimum atomic E-state index is -3.52. The predicted octanol–water partition coefficient (Wildman–Crippen LogP) is 1.11. The van der Waals surface area contributed by atoms with Gasteiger partial charge in [-0.1, -0.05) is 12.8 Å². The molecule has 3 N–H and O–H groups in total. The SMILES string of the molecule is NNc1ncc(S(=O)(=O)N2CCC[C@H]3CCCC[C@H]32)cn1. The van der Waals surface area contributed by atoms with E-state index in [1.165, 1.54) is 18.8 Å². The van der Waals surface area contributed by atoms with Gasteiger partial charge in [-0.2, -0.15) is 4.31 Å². The van der Waals surface area contributed by atoms with Gasteiger partial charge in [-0.25, -0.2) is 24.2 Å². The molecular formula is C13H21N5O2S. The molecule has 0 aromatic carbocycles. The molecule has 8 heteroatoms. The van der Waals surface area contributed by atoms with Crippen molar-refractivity contribution in [1.29, 1.82) is 0 Å². The molecule has 0 bridgehead atoms. The minimum Gasteiger partial charge on any atom is -0.292 e. The molecule has 0 radical (unpaired) electrons. The van der Waals surface area contributed by atoms with E-state index in [4.69, 9.17) is 5.84 Å². The number of sulfonamides is 1. The van der Waals surface area contributed by atoms with Crippen LogP contribution in [-0.4, -0.2) is 35.3 Å². The van der Waals surface area contributed by atoms with Crippen LogP contribution in [0.2, 0.25) is 0 Å². The van der Waals surface area contributed by atoms with E-state index in [2.05, 4.69) is 15.4 Å². The van der Waals surface area contributed by atoms with E-state index >= 15 is 0 Å². The van der Waals surface area contributed by atoms with E-state index in [0.29, 0.717) is 12.5 Å². The van der Waals surface area contributed by atoms with Gasteiger partial charge in [0.05, 0.1) is 12.4 Å². The number of rotatable bonds is 3. The second kappa shape index (κ2) is 5.86. The second-order valence-corrected chi connectivity index (χ2v) is 7.65. The predicted molar refractivity (Wildman–Crippen MR) is 78.7 cm³/mol. The van der Waals surface area contributed by atoms with Crippen molar-refractivity contribution in [2.45, 2.75) is 49.5 Å². The van der Waals surface area contributed by atoms with Crippen LogP contribution < -0.4 is 11.3 Å². The van der Waals surface area contributed by atoms with E-state index in [-0.39, 0.29) is 16.9 Å². The van der Waals surface area contributed by atoms with E-state index in [1.807, 2.05) is 0 Å². The molecule has 2 heterocycles. The first-order valence-electron chi connectivity index (χ1n) is 7.43. The number of anilines is 1. The molecule has 1 saturated carbocycles. The van der Waals surface area contributed by atoms with E-state index in [0.717, 1.165) is 32.1 Å². The monoisotopic (exact) mass is 311 g/mol. The molecule has 0 spiro atoms. The highest BCUT2D eigenvalue weighted by Crippen LogP contribution is 2.37. The lowest BCUT2D eigenvalue weighted by atomic mass is 9.79. The van der Waals surface area contributed by atoms with Gasteiger partial charge in [-0.15, -0.1) is 0 Å². The fraction of sp³-hybridized carbons (Fsp3) is 0.692. The molecule has 3 rings (SSSR count). The number of nitrogens with one attached hydrogen (secondary N) is 1. The average molecular weight is 311 g/mol. The molecule has 1 saturated heterocycles. The van der Waals surface area contributed by atoms with Crippen molar-refractivity contribution in [2.24, 2.45) is 11.8 Å². The Hall–Kier alpha value is -1.25. The van der Waals surface area contributed by atoms with E-state index < -0.39 is 10.0 Å². The van der Waals surface area contributed by atoms with Crippen LogP contribution in [-0.2, 0) is 10.0 Å². The lowest BCUT2D eigenvalue weighted by Crippen LogP contribution is -2.49. The van der Waals surface area contributed by atoms with Gasteiger partial charge in [0.25, 0.3) is 0 Å². The summed E-state index contributed by atoms with van der Waals surface area (Å²) in [5.74, 6) is 5.92. The Bertz CT molecular complexity index is 587. The van der Waals surface area contributed by atoms with Crippen molar-refractivity contribution in [1.82, 2.24) is 14.3 Å². The van der Waals surface area contributed by atoms with Gasteiger partial charge < -0.3 is 0 Å². The summed E-state index contributed by atoms with van der Waals surface area (Å²) >= 11 is 0. The van der Waals surface area contributed by atoms with Crippen molar-refractivity contribution in [3.05, 3.63) is 12.4 Å². The Morgan fingerprint density at radius 2 is 1.81 bits per heavy atom. The quantitative estimate of drug-likeness (QED) is 0.640. The number of hydrazine groups is 1. The number of nitrogen functional groups attached to an aromatic ring is 1. The largest absolute Gasteiger partial charge is 0.292 e. The molecule has 1 aromatic rings. The van der Waals surface area contributed by atoms with Gasteiger partial charge in [-0.05, 0) is 31.6 Å². The van der Waals surface area contributed by atoms with Crippen LogP contribution in [0.5, 0.6) is 0 Å². The molecule has 2 atom stereocenters. The first-order chi connectivity index (χ1) is 10.1. The lowest BCUT2D eigenvalue weighted by molar-refractivity contribution is 0.129. The maximum absolute atomic E-state index is 12.8. The number of nitrogens with two attached hydrogens (primary N) is 1. The van der Waals surface area contributed by atoms with E-state index in [1.54, 1.807) is 4.31 Å². The first-order valence-corrected chi connectivity index (χ1v) is 8.87. The van der Waals surface area contributed by atoms with Gasteiger partial charge in [0.1, 0.15) is 4.90 Å². The zero-order valence-corrected chi connectivity index (χ0v) is 12.7. The molecule has 116 valence electrons. The standard InChI is InChI=1S/C13H21N5O2S/c14-17-13-15-8-11(9-16-13)21(19,20)18-7-3-5-10-4-1-2-6-12(10)18/h8-10,12H,1-7,14H2,(H,15,16,17)/t10-,12-/m1/s1. The summed E-state index contributed by atoms with van der Waals surface area (Å²) in [6.07, 6.45) is 9.16. The minimum absolute atomic E-state index is 0.143. The third kappa shape index (κ3) is 2.75. The molecule has 7 nitrogen and oxygen atoms in total. The fourth-order valence-corrected chi connectivity index (χ4v) is 5.18. The second-order valence-electron chi connectivity index (χ2n) is 5.76. The number of nitrogens with zero attached hydrogens (tertiary/aromatic N) is 3. The third-order valence-electron chi connectivity index (χ3n) is 4.56. The highest BCUT2D eigenvalue weighted by molar-refractivity contribution is 7.89. The number of hydrogen-bond donors (Lipinski definition) is 2. The Kier molecular flexibility index (Phi) is 4.10. The molecule has 2 fully saturated rings. The zero-order valence-electron chi connectivity index (χ0n) is 11.9. The summed E-state index contributed by atoms with van der Waals surface area (Å²) in [5.41, 5.74) is 2.30. The summed E-state index contributed by atoms with van der Waals surface area (Å²) in [6, 6.07) is 0.143. The smallest absolute Gasteiger partial charge is 0.246 e. The maximum atomic E-state index is 12.8. The molecule has 1 aliphatic heterocycles. The molecule has 21 heavy (non-hydrogen) atoms. The Morgan fingerprint density at radius 3 is 2.52 bits per heavy atom. The van der Waals surface area contributed by atoms with Crippen LogP contribution in [0, 0.1) is 5.92 Å². The Labute approximate surface area is 125 Å². The van der Waals surface area contributed by atoms with E-state index in [9.17, 15) is 8.42 Å². The summed E-state index contributed by atoms with van der Waals surface area (Å²) < 4.78 is 27.3. The molecular weight excluding hydrogens is 290 g/mol. The van der Waals surface area contributed by atoms with Gasteiger partial charge in [0.2, 0.25) is 16.0 Å². The van der Waals surface area contributed by atoms with Crippen LogP contribution in [0.15, 0.2) is 17.3 Å². The van der Waals surface area contributed by atoms with Crippen molar-refractivity contribution in [3.63, 3.8) is 0 Å². The third-order valence-corrected chi connectivity index (χ3v) is 6.43. The zero-order chi connectivity index (χ0) is 14.9. The summed E-state index contributed by atoms with van der Waals surface area (Å²) in [4.78, 5) is 7.96. The molecule has 1 aliphatic carbocycles. The summed E-state index contributed by atoms with van der Waals surface area (Å²) in [6.45, 7) is 0.598. The number of fused-ring (bicyclic) bond motifs is 1. The highest BCUT2D eigenvalue weighted by Gasteiger charge is 2.40. The number of aromatic nitrogens is 2. The maximum Gasteiger partial charge on any atom is 0.246 e. The van der Waals surface area contributed by atoms with Gasteiger partial charge in [-0.3, -0.25) is 5.43 Å². The van der Waals surface area contributed by atoms with Gasteiger partial charge in [0, 0.05) is 12.6 Å². The van der Waals surface area contributed by atoms with Crippen LogP contribution in [0.3, 0.4) is 0 Å². The van der Waals surface area contributed by atoms with Crippen LogP contribution in [0.4, 0.5) is 5.95 Å². The number of piperidine rings is 1. The normalized spacial score (nSPS) is 27.1. The Morgan fingerprint density at radius 1 is 1.14 bits per heavy atom. The van der Waals surface area contributed by atoms with Crippen LogP contribution >= 0.6 is 0 Å². The van der Waals surface area contributed by atoms with Crippen LogP contribution in [0.1, 0.15) is 38.5 Å². The van der Waals surface area contributed by atoms with Crippen molar-refractivity contribution in [2.75, 3.05) is 12.0 Å². The van der Waals surface area contributed by atoms with Crippen LogP contribution in [0.25, 0.3) is 0 Å². The molecule has 1 aromatic heterocycles.